The third-order valence-corrected chi connectivity index (χ3v) is 5.93. The van der Waals surface area contributed by atoms with Crippen molar-refractivity contribution in [1.29, 1.82) is 0 Å². The summed E-state index contributed by atoms with van der Waals surface area (Å²) in [5, 5.41) is 11.9. The van der Waals surface area contributed by atoms with Crippen LogP contribution in [0.2, 0.25) is 0 Å². The number of aliphatic hydroxyl groups excluding tert-OH is 1. The number of hydrogen-bond acceptors (Lipinski definition) is 6. The van der Waals surface area contributed by atoms with Crippen LogP contribution < -0.4 is 16.1 Å². The van der Waals surface area contributed by atoms with Crippen molar-refractivity contribution in [2.24, 2.45) is 20.0 Å². The molecule has 3 heterocycles. The summed E-state index contributed by atoms with van der Waals surface area (Å²) in [6, 6.07) is 6.03. The lowest BCUT2D eigenvalue weighted by molar-refractivity contribution is 0.0903. The Hall–Kier alpha value is -3.00. The van der Waals surface area contributed by atoms with Gasteiger partial charge in [0, 0.05) is 38.8 Å². The largest absolute Gasteiger partial charge is 0.388 e. The molecule has 2 aromatic heterocycles. The van der Waals surface area contributed by atoms with Crippen molar-refractivity contribution in [3.05, 3.63) is 62.7 Å². The molecule has 152 valence electrons. The van der Waals surface area contributed by atoms with Crippen LogP contribution in [0.25, 0.3) is 10.9 Å². The molecular formula is C21H25N5O3. The van der Waals surface area contributed by atoms with E-state index < -0.39 is 17.4 Å². The van der Waals surface area contributed by atoms with Crippen molar-refractivity contribution < 1.29 is 5.11 Å². The minimum absolute atomic E-state index is 0.0503. The molecule has 1 aromatic carbocycles. The summed E-state index contributed by atoms with van der Waals surface area (Å²) in [4.78, 5) is 35.5. The van der Waals surface area contributed by atoms with Gasteiger partial charge in [0.15, 0.2) is 0 Å². The highest BCUT2D eigenvalue weighted by atomic mass is 16.3. The second kappa shape index (κ2) is 7.44. The molecule has 3 aromatic rings. The molecule has 0 saturated carbocycles. The molecule has 1 aliphatic heterocycles. The molecule has 4 rings (SSSR count). The van der Waals surface area contributed by atoms with Gasteiger partial charge in [-0.25, -0.2) is 14.8 Å². The lowest BCUT2D eigenvalue weighted by atomic mass is 9.88. The smallest absolute Gasteiger partial charge is 0.330 e. The van der Waals surface area contributed by atoms with E-state index in [1.807, 2.05) is 12.1 Å². The maximum absolute atomic E-state index is 12.5. The highest BCUT2D eigenvalue weighted by molar-refractivity contribution is 5.92. The van der Waals surface area contributed by atoms with E-state index in [4.69, 9.17) is 0 Å². The Kier molecular flexibility index (Phi) is 4.96. The average Bonchev–Trinajstić information content (AvgIpc) is 2.74. The number of benzene rings is 1. The maximum Gasteiger partial charge on any atom is 0.330 e. The van der Waals surface area contributed by atoms with Gasteiger partial charge in [-0.3, -0.25) is 9.36 Å². The predicted octanol–water partition coefficient (Wildman–Crippen LogP) is 1.29. The maximum atomic E-state index is 12.5. The van der Waals surface area contributed by atoms with Gasteiger partial charge in [0.05, 0.1) is 17.2 Å². The molecule has 8 heteroatoms. The first-order valence-electron chi connectivity index (χ1n) is 9.78. The first-order chi connectivity index (χ1) is 13.9. The number of hydrogen-bond donors (Lipinski definition) is 1. The van der Waals surface area contributed by atoms with Crippen LogP contribution in [0.1, 0.15) is 30.1 Å². The first kappa shape index (κ1) is 19.3. The molecule has 29 heavy (non-hydrogen) atoms. The molecule has 1 atom stereocenters. The number of anilines is 1. The van der Waals surface area contributed by atoms with Crippen LogP contribution in [0, 0.1) is 12.8 Å². The van der Waals surface area contributed by atoms with Crippen LogP contribution in [-0.2, 0) is 14.1 Å². The second-order valence-electron chi connectivity index (χ2n) is 7.78. The summed E-state index contributed by atoms with van der Waals surface area (Å²) in [7, 11) is 3.02. The molecule has 1 fully saturated rings. The summed E-state index contributed by atoms with van der Waals surface area (Å²) in [5.41, 5.74) is 1.50. The Balaban J connectivity index is 1.57. The molecule has 0 spiro atoms. The molecular weight excluding hydrogens is 370 g/mol. The zero-order valence-corrected chi connectivity index (χ0v) is 16.9. The number of fused-ring (bicyclic) bond motifs is 1. The topological polar surface area (TPSA) is 93.2 Å². The minimum atomic E-state index is -0.897. The average molecular weight is 395 g/mol. The molecule has 1 unspecified atom stereocenters. The van der Waals surface area contributed by atoms with Crippen molar-refractivity contribution in [2.45, 2.75) is 25.9 Å². The summed E-state index contributed by atoms with van der Waals surface area (Å²) >= 11 is 0. The Labute approximate surface area is 168 Å². The normalized spacial score (nSPS) is 16.3. The van der Waals surface area contributed by atoms with Gasteiger partial charge < -0.3 is 14.6 Å². The Morgan fingerprint density at radius 2 is 1.86 bits per heavy atom. The first-order valence-corrected chi connectivity index (χ1v) is 9.78. The minimum Gasteiger partial charge on any atom is -0.388 e. The number of aryl methyl sites for hydroxylation is 2. The standard InChI is InChI=1S/C21H25N5O3/c1-13-5-4-6-16-17(13)19(23-12-22-16)26-9-7-14(8-10-26)18(27)15-11-24(2)21(29)25(3)20(15)28/h4-6,11-12,14,18,27H,7-10H2,1-3H3. The molecule has 1 aliphatic rings. The van der Waals surface area contributed by atoms with E-state index in [1.54, 1.807) is 13.4 Å². The summed E-state index contributed by atoms with van der Waals surface area (Å²) in [6.07, 6.45) is 3.61. The lowest BCUT2D eigenvalue weighted by Crippen LogP contribution is -2.41. The van der Waals surface area contributed by atoms with Crippen molar-refractivity contribution >= 4 is 16.7 Å². The zero-order valence-electron chi connectivity index (χ0n) is 16.9. The van der Waals surface area contributed by atoms with Crippen LogP contribution in [0.4, 0.5) is 5.82 Å². The monoisotopic (exact) mass is 395 g/mol. The van der Waals surface area contributed by atoms with Gasteiger partial charge in [-0.05, 0) is 37.3 Å². The van der Waals surface area contributed by atoms with Gasteiger partial charge in [0.25, 0.3) is 5.56 Å². The highest BCUT2D eigenvalue weighted by Crippen LogP contribution is 2.33. The third-order valence-electron chi connectivity index (χ3n) is 5.93. The Morgan fingerprint density at radius 3 is 2.59 bits per heavy atom. The van der Waals surface area contributed by atoms with E-state index in [1.165, 1.54) is 17.8 Å². The van der Waals surface area contributed by atoms with E-state index in [2.05, 4.69) is 27.9 Å². The van der Waals surface area contributed by atoms with E-state index in [-0.39, 0.29) is 11.5 Å². The molecule has 0 radical (unpaired) electrons. The molecule has 0 aliphatic carbocycles. The molecule has 8 nitrogen and oxygen atoms in total. The van der Waals surface area contributed by atoms with Crippen molar-refractivity contribution in [3.63, 3.8) is 0 Å². The van der Waals surface area contributed by atoms with Gasteiger partial charge >= 0.3 is 5.69 Å². The molecule has 0 amide bonds. The highest BCUT2D eigenvalue weighted by Gasteiger charge is 2.30. The van der Waals surface area contributed by atoms with E-state index in [9.17, 15) is 14.7 Å². The molecule has 1 N–H and O–H groups in total. The van der Waals surface area contributed by atoms with E-state index in [0.29, 0.717) is 0 Å². The summed E-state index contributed by atoms with van der Waals surface area (Å²) in [6.45, 7) is 3.52. The summed E-state index contributed by atoms with van der Waals surface area (Å²) < 4.78 is 2.38. The Bertz CT molecular complexity index is 1170. The van der Waals surface area contributed by atoms with Crippen LogP contribution >= 0.6 is 0 Å². The number of nitrogens with zero attached hydrogens (tertiary/aromatic N) is 5. The molecule has 1 saturated heterocycles. The van der Waals surface area contributed by atoms with Gasteiger partial charge in [0.2, 0.25) is 0 Å². The van der Waals surface area contributed by atoms with E-state index >= 15 is 0 Å². The van der Waals surface area contributed by atoms with Crippen molar-refractivity contribution in [1.82, 2.24) is 19.1 Å². The van der Waals surface area contributed by atoms with Gasteiger partial charge in [-0.1, -0.05) is 12.1 Å². The predicted molar refractivity (Wildman–Crippen MR) is 111 cm³/mol. The van der Waals surface area contributed by atoms with E-state index in [0.717, 1.165) is 52.8 Å². The van der Waals surface area contributed by atoms with Gasteiger partial charge in [0.1, 0.15) is 12.1 Å². The Morgan fingerprint density at radius 1 is 1.14 bits per heavy atom. The van der Waals surface area contributed by atoms with Gasteiger partial charge in [-0.15, -0.1) is 0 Å². The summed E-state index contributed by atoms with van der Waals surface area (Å²) in [5.74, 6) is 0.865. The quantitative estimate of drug-likeness (QED) is 0.718. The van der Waals surface area contributed by atoms with Gasteiger partial charge in [-0.2, -0.15) is 0 Å². The fourth-order valence-electron chi connectivity index (χ4n) is 4.22. The number of aromatic nitrogens is 4. The fraction of sp³-hybridized carbons (Fsp3) is 0.429. The number of aliphatic hydroxyl groups is 1. The molecule has 0 bridgehead atoms. The second-order valence-corrected chi connectivity index (χ2v) is 7.78. The number of rotatable bonds is 3. The zero-order chi connectivity index (χ0) is 20.7. The van der Waals surface area contributed by atoms with Crippen molar-refractivity contribution in [3.8, 4) is 0 Å². The van der Waals surface area contributed by atoms with Crippen LogP contribution in [0.15, 0.2) is 40.3 Å². The number of piperidine rings is 1. The van der Waals surface area contributed by atoms with Crippen LogP contribution in [0.3, 0.4) is 0 Å². The lowest BCUT2D eigenvalue weighted by Gasteiger charge is -2.35. The third kappa shape index (κ3) is 3.33. The fourth-order valence-corrected chi connectivity index (χ4v) is 4.22. The van der Waals surface area contributed by atoms with Crippen LogP contribution in [0.5, 0.6) is 0 Å². The SMILES string of the molecule is Cc1cccc2ncnc(N3CCC(C(O)c4cn(C)c(=O)n(C)c4=O)CC3)c12. The van der Waals surface area contributed by atoms with Crippen LogP contribution in [-0.4, -0.2) is 37.3 Å². The van der Waals surface area contributed by atoms with Crippen molar-refractivity contribution in [2.75, 3.05) is 18.0 Å².